The van der Waals surface area contributed by atoms with E-state index in [2.05, 4.69) is 4.72 Å². The SMILES string of the molecule is CC(C)(C)NS(=O)(=O)CCC(N)=O. The second-order valence-electron chi connectivity index (χ2n) is 3.89. The van der Waals surface area contributed by atoms with Gasteiger partial charge in [-0.1, -0.05) is 0 Å². The van der Waals surface area contributed by atoms with Gasteiger partial charge in [0.15, 0.2) is 0 Å². The molecule has 0 aliphatic heterocycles. The van der Waals surface area contributed by atoms with E-state index < -0.39 is 21.5 Å². The fraction of sp³-hybridized carbons (Fsp3) is 0.857. The smallest absolute Gasteiger partial charge is 0.218 e. The van der Waals surface area contributed by atoms with Crippen LogP contribution in [0.25, 0.3) is 0 Å². The Hall–Kier alpha value is -0.620. The number of hydrogen-bond donors (Lipinski definition) is 2. The van der Waals surface area contributed by atoms with E-state index in [0.717, 1.165) is 0 Å². The first kappa shape index (κ1) is 12.4. The van der Waals surface area contributed by atoms with Crippen LogP contribution in [0.15, 0.2) is 0 Å². The molecule has 0 aromatic heterocycles. The van der Waals surface area contributed by atoms with Crippen LogP contribution in [0.5, 0.6) is 0 Å². The maximum atomic E-state index is 11.2. The zero-order chi connectivity index (χ0) is 10.7. The Kier molecular flexibility index (Phi) is 3.87. The summed E-state index contributed by atoms with van der Waals surface area (Å²) in [6.07, 6.45) is -0.147. The number of amides is 1. The Morgan fingerprint density at radius 2 is 1.85 bits per heavy atom. The van der Waals surface area contributed by atoms with Gasteiger partial charge >= 0.3 is 0 Å². The minimum atomic E-state index is -3.39. The summed E-state index contributed by atoms with van der Waals surface area (Å²) in [6, 6.07) is 0. The van der Waals surface area contributed by atoms with Crippen molar-refractivity contribution in [1.82, 2.24) is 4.72 Å². The molecule has 0 radical (unpaired) electrons. The van der Waals surface area contributed by atoms with Crippen molar-refractivity contribution in [2.45, 2.75) is 32.7 Å². The number of carbonyl (C=O) groups excluding carboxylic acids is 1. The molecule has 0 spiro atoms. The van der Waals surface area contributed by atoms with E-state index in [4.69, 9.17) is 5.73 Å². The number of hydrogen-bond acceptors (Lipinski definition) is 3. The molecule has 78 valence electrons. The van der Waals surface area contributed by atoms with Gasteiger partial charge in [-0.3, -0.25) is 4.79 Å². The highest BCUT2D eigenvalue weighted by atomic mass is 32.2. The molecular formula is C7H16N2O3S. The van der Waals surface area contributed by atoms with E-state index in [1.54, 1.807) is 20.8 Å². The van der Waals surface area contributed by atoms with Crippen LogP contribution in [0.1, 0.15) is 27.2 Å². The van der Waals surface area contributed by atoms with Crippen molar-refractivity contribution < 1.29 is 13.2 Å². The van der Waals surface area contributed by atoms with Gasteiger partial charge in [-0.05, 0) is 20.8 Å². The molecular weight excluding hydrogens is 192 g/mol. The van der Waals surface area contributed by atoms with Gasteiger partial charge in [0.05, 0.1) is 5.75 Å². The van der Waals surface area contributed by atoms with Crippen molar-refractivity contribution in [2.75, 3.05) is 5.75 Å². The average Bonchev–Trinajstić information content (AvgIpc) is 1.78. The molecule has 0 aliphatic carbocycles. The highest BCUT2D eigenvalue weighted by molar-refractivity contribution is 7.89. The van der Waals surface area contributed by atoms with Gasteiger partial charge in [-0.25, -0.2) is 13.1 Å². The minimum absolute atomic E-state index is 0.147. The quantitative estimate of drug-likeness (QED) is 0.657. The fourth-order valence-corrected chi connectivity index (χ4v) is 2.26. The topological polar surface area (TPSA) is 89.3 Å². The van der Waals surface area contributed by atoms with Crippen LogP contribution in [0, 0.1) is 0 Å². The van der Waals surface area contributed by atoms with Crippen molar-refractivity contribution in [3.8, 4) is 0 Å². The zero-order valence-electron chi connectivity index (χ0n) is 8.12. The van der Waals surface area contributed by atoms with Gasteiger partial charge in [-0.15, -0.1) is 0 Å². The third-order valence-corrected chi connectivity index (χ3v) is 2.74. The average molecular weight is 208 g/mol. The molecule has 0 bridgehead atoms. The summed E-state index contributed by atoms with van der Waals surface area (Å²) in [6.45, 7) is 5.19. The highest BCUT2D eigenvalue weighted by Gasteiger charge is 2.19. The summed E-state index contributed by atoms with van der Waals surface area (Å²) in [5.74, 6) is -0.862. The van der Waals surface area contributed by atoms with E-state index >= 15 is 0 Å². The number of nitrogens with two attached hydrogens (primary N) is 1. The highest BCUT2D eigenvalue weighted by Crippen LogP contribution is 2.02. The number of carbonyl (C=O) groups is 1. The first-order chi connectivity index (χ1) is 5.62. The predicted molar refractivity (Wildman–Crippen MR) is 50.5 cm³/mol. The lowest BCUT2D eigenvalue weighted by molar-refractivity contribution is -0.117. The number of primary amides is 1. The largest absolute Gasteiger partial charge is 0.370 e. The maximum absolute atomic E-state index is 11.2. The summed E-state index contributed by atoms with van der Waals surface area (Å²) in [5.41, 5.74) is 4.31. The molecule has 0 rings (SSSR count). The number of sulfonamides is 1. The van der Waals surface area contributed by atoms with Crippen molar-refractivity contribution in [2.24, 2.45) is 5.73 Å². The van der Waals surface area contributed by atoms with Crippen molar-refractivity contribution in [3.63, 3.8) is 0 Å². The first-order valence-electron chi connectivity index (χ1n) is 3.92. The Balaban J connectivity index is 4.19. The molecule has 0 aromatic rings. The lowest BCUT2D eigenvalue weighted by atomic mass is 10.1. The number of rotatable bonds is 4. The van der Waals surface area contributed by atoms with Gasteiger partial charge in [0.1, 0.15) is 0 Å². The van der Waals surface area contributed by atoms with Crippen molar-refractivity contribution >= 4 is 15.9 Å². The summed E-state index contributed by atoms with van der Waals surface area (Å²) in [4.78, 5) is 10.3. The second kappa shape index (κ2) is 4.06. The standard InChI is InChI=1S/C7H16N2O3S/c1-7(2,3)9-13(11,12)5-4-6(8)10/h9H,4-5H2,1-3H3,(H2,8,10). The maximum Gasteiger partial charge on any atom is 0.218 e. The van der Waals surface area contributed by atoms with Gasteiger partial charge in [0.2, 0.25) is 15.9 Å². The van der Waals surface area contributed by atoms with Crippen LogP contribution in [0.4, 0.5) is 0 Å². The lowest BCUT2D eigenvalue weighted by Crippen LogP contribution is -2.42. The minimum Gasteiger partial charge on any atom is -0.370 e. The molecule has 0 heterocycles. The molecule has 0 aromatic carbocycles. The van der Waals surface area contributed by atoms with Crippen molar-refractivity contribution in [1.29, 1.82) is 0 Å². The van der Waals surface area contributed by atoms with Crippen molar-refractivity contribution in [3.05, 3.63) is 0 Å². The first-order valence-corrected chi connectivity index (χ1v) is 5.57. The summed E-state index contributed by atoms with van der Waals surface area (Å²) >= 11 is 0. The van der Waals surface area contributed by atoms with Gasteiger partial charge in [0.25, 0.3) is 0 Å². The monoisotopic (exact) mass is 208 g/mol. The summed E-state index contributed by atoms with van der Waals surface area (Å²) in [7, 11) is -3.39. The molecule has 5 nitrogen and oxygen atoms in total. The van der Waals surface area contributed by atoms with Gasteiger partial charge in [-0.2, -0.15) is 0 Å². The number of nitrogens with one attached hydrogen (secondary N) is 1. The van der Waals surface area contributed by atoms with Gasteiger partial charge < -0.3 is 5.73 Å². The fourth-order valence-electron chi connectivity index (χ4n) is 0.752. The molecule has 6 heteroatoms. The van der Waals surface area contributed by atoms with Crippen LogP contribution in [-0.4, -0.2) is 25.6 Å². The summed E-state index contributed by atoms with van der Waals surface area (Å²) < 4.78 is 24.9. The zero-order valence-corrected chi connectivity index (χ0v) is 8.94. The predicted octanol–water partition coefficient (Wildman–Crippen LogP) is -0.420. The molecule has 0 unspecified atom stereocenters. The lowest BCUT2D eigenvalue weighted by Gasteiger charge is -2.19. The van der Waals surface area contributed by atoms with Crippen LogP contribution in [0.3, 0.4) is 0 Å². The van der Waals surface area contributed by atoms with Crippen LogP contribution < -0.4 is 10.5 Å². The molecule has 0 atom stereocenters. The summed E-state index contributed by atoms with van der Waals surface area (Å²) in [5, 5.41) is 0. The Morgan fingerprint density at radius 3 is 2.15 bits per heavy atom. The van der Waals surface area contributed by atoms with E-state index in [-0.39, 0.29) is 12.2 Å². The Bertz CT molecular complexity index is 277. The Morgan fingerprint density at radius 1 is 1.38 bits per heavy atom. The molecule has 0 saturated heterocycles. The van der Waals surface area contributed by atoms with Crippen LogP contribution in [-0.2, 0) is 14.8 Å². The van der Waals surface area contributed by atoms with E-state index in [1.807, 2.05) is 0 Å². The molecule has 0 saturated carbocycles. The second-order valence-corrected chi connectivity index (χ2v) is 5.73. The molecule has 1 amide bonds. The normalized spacial score (nSPS) is 12.8. The van der Waals surface area contributed by atoms with E-state index in [9.17, 15) is 13.2 Å². The third kappa shape index (κ3) is 7.73. The molecule has 0 aliphatic rings. The van der Waals surface area contributed by atoms with Crippen LogP contribution >= 0.6 is 0 Å². The Labute approximate surface area is 78.7 Å². The third-order valence-electron chi connectivity index (χ3n) is 1.08. The van der Waals surface area contributed by atoms with Gasteiger partial charge in [0, 0.05) is 12.0 Å². The van der Waals surface area contributed by atoms with Crippen LogP contribution in [0.2, 0.25) is 0 Å². The molecule has 13 heavy (non-hydrogen) atoms. The van der Waals surface area contributed by atoms with E-state index in [1.165, 1.54) is 0 Å². The molecule has 0 fully saturated rings. The van der Waals surface area contributed by atoms with E-state index in [0.29, 0.717) is 0 Å². The molecule has 3 N–H and O–H groups in total.